The third kappa shape index (κ3) is 5.77. The van der Waals surface area contributed by atoms with Gasteiger partial charge in [0, 0.05) is 13.0 Å². The molecule has 0 unspecified atom stereocenters. The molecule has 0 aromatic heterocycles. The van der Waals surface area contributed by atoms with Gasteiger partial charge < -0.3 is 10.1 Å². The lowest BCUT2D eigenvalue weighted by Crippen LogP contribution is -2.26. The largest absolute Gasteiger partial charge is 0.466 e. The predicted molar refractivity (Wildman–Crippen MR) is 68.9 cm³/mol. The van der Waals surface area contributed by atoms with Gasteiger partial charge in [0.1, 0.15) is 0 Å². The van der Waals surface area contributed by atoms with Gasteiger partial charge in [-0.3, -0.25) is 9.59 Å². The molecule has 1 aromatic carbocycles. The van der Waals surface area contributed by atoms with Crippen LogP contribution in [0.5, 0.6) is 0 Å². The molecule has 1 rings (SSSR count). The van der Waals surface area contributed by atoms with Gasteiger partial charge in [0.25, 0.3) is 0 Å². The Labute approximate surface area is 116 Å². The second kappa shape index (κ2) is 8.24. The van der Waals surface area contributed by atoms with Crippen LogP contribution in [0.25, 0.3) is 0 Å². The summed E-state index contributed by atoms with van der Waals surface area (Å²) in [5.41, 5.74) is 0.546. The second-order valence-electron chi connectivity index (χ2n) is 4.15. The minimum absolute atomic E-state index is 0.116. The van der Waals surface area contributed by atoms with Gasteiger partial charge >= 0.3 is 5.97 Å². The summed E-state index contributed by atoms with van der Waals surface area (Å²) in [6, 6.07) is 3.54. The first-order valence-corrected chi connectivity index (χ1v) is 6.39. The molecule has 0 spiro atoms. The van der Waals surface area contributed by atoms with Crippen LogP contribution in [0.3, 0.4) is 0 Å². The molecule has 1 aromatic rings. The minimum atomic E-state index is -0.926. The molecule has 4 nitrogen and oxygen atoms in total. The van der Waals surface area contributed by atoms with E-state index in [1.54, 1.807) is 6.92 Å². The van der Waals surface area contributed by atoms with Crippen molar-refractivity contribution in [1.82, 2.24) is 5.32 Å². The van der Waals surface area contributed by atoms with E-state index in [0.29, 0.717) is 18.6 Å². The molecule has 0 aliphatic heterocycles. The fourth-order valence-corrected chi connectivity index (χ4v) is 1.58. The number of rotatable bonds is 7. The zero-order valence-electron chi connectivity index (χ0n) is 11.2. The summed E-state index contributed by atoms with van der Waals surface area (Å²) in [4.78, 5) is 22.5. The van der Waals surface area contributed by atoms with Crippen molar-refractivity contribution in [3.8, 4) is 0 Å². The van der Waals surface area contributed by atoms with E-state index in [9.17, 15) is 18.4 Å². The number of halogens is 2. The van der Waals surface area contributed by atoms with Crippen LogP contribution in [0.2, 0.25) is 0 Å². The van der Waals surface area contributed by atoms with Crippen LogP contribution in [-0.4, -0.2) is 25.0 Å². The fourth-order valence-electron chi connectivity index (χ4n) is 1.58. The first-order chi connectivity index (χ1) is 9.52. The molecule has 110 valence electrons. The molecular weight excluding hydrogens is 268 g/mol. The Morgan fingerprint density at radius 2 is 1.95 bits per heavy atom. The number of benzene rings is 1. The van der Waals surface area contributed by atoms with E-state index in [1.807, 2.05) is 0 Å². The van der Waals surface area contributed by atoms with Crippen LogP contribution in [-0.2, 0) is 20.7 Å². The summed E-state index contributed by atoms with van der Waals surface area (Å²) in [6.07, 6.45) is 0.571. The van der Waals surface area contributed by atoms with E-state index in [0.717, 1.165) is 12.1 Å². The van der Waals surface area contributed by atoms with E-state index in [1.165, 1.54) is 6.07 Å². The van der Waals surface area contributed by atoms with Gasteiger partial charge in [0.05, 0.1) is 13.0 Å². The zero-order chi connectivity index (χ0) is 15.0. The van der Waals surface area contributed by atoms with E-state index in [4.69, 9.17) is 4.74 Å². The van der Waals surface area contributed by atoms with Crippen molar-refractivity contribution in [2.75, 3.05) is 13.2 Å². The molecule has 0 aliphatic carbocycles. The molecule has 0 radical (unpaired) electrons. The van der Waals surface area contributed by atoms with Crippen molar-refractivity contribution in [2.45, 2.75) is 26.2 Å². The summed E-state index contributed by atoms with van der Waals surface area (Å²) in [5, 5.41) is 2.56. The second-order valence-corrected chi connectivity index (χ2v) is 4.15. The summed E-state index contributed by atoms with van der Waals surface area (Å²) >= 11 is 0. The maximum absolute atomic E-state index is 12.9. The van der Waals surface area contributed by atoms with Crippen molar-refractivity contribution in [2.24, 2.45) is 0 Å². The normalized spacial score (nSPS) is 10.2. The Hall–Kier alpha value is -1.98. The first-order valence-electron chi connectivity index (χ1n) is 6.39. The van der Waals surface area contributed by atoms with Crippen molar-refractivity contribution < 1.29 is 23.1 Å². The van der Waals surface area contributed by atoms with Gasteiger partial charge in [-0.1, -0.05) is 6.07 Å². The molecule has 20 heavy (non-hydrogen) atoms. The Morgan fingerprint density at radius 3 is 2.60 bits per heavy atom. The number of hydrogen-bond donors (Lipinski definition) is 1. The predicted octanol–water partition coefficient (Wildman–Crippen LogP) is 1.97. The molecule has 0 saturated carbocycles. The highest BCUT2D eigenvalue weighted by Crippen LogP contribution is 2.10. The fraction of sp³-hybridized carbons (Fsp3) is 0.429. The summed E-state index contributed by atoms with van der Waals surface area (Å²) in [7, 11) is 0. The smallest absolute Gasteiger partial charge is 0.307 e. The van der Waals surface area contributed by atoms with E-state index >= 15 is 0 Å². The Balaban J connectivity index is 2.26. The van der Waals surface area contributed by atoms with Crippen LogP contribution in [0.4, 0.5) is 8.78 Å². The standard InChI is InChI=1S/C14H17F2NO3/c1-2-20-14(19)7-8-17-13(18)6-4-10-3-5-11(15)12(16)9-10/h3,5,9H,2,4,6-8H2,1H3,(H,17,18). The molecule has 6 heteroatoms. The van der Waals surface area contributed by atoms with Gasteiger partial charge in [0.15, 0.2) is 11.6 Å². The number of carbonyl (C=O) groups excluding carboxylic acids is 2. The van der Waals surface area contributed by atoms with Gasteiger partial charge in [0.2, 0.25) is 5.91 Å². The van der Waals surface area contributed by atoms with Gasteiger partial charge in [-0.25, -0.2) is 8.78 Å². The van der Waals surface area contributed by atoms with Crippen molar-refractivity contribution in [1.29, 1.82) is 0 Å². The zero-order valence-corrected chi connectivity index (χ0v) is 11.2. The van der Waals surface area contributed by atoms with Gasteiger partial charge in [-0.2, -0.15) is 0 Å². The summed E-state index contributed by atoms with van der Waals surface area (Å²) < 4.78 is 30.4. The molecule has 0 saturated heterocycles. The van der Waals surface area contributed by atoms with Gasteiger partial charge in [-0.15, -0.1) is 0 Å². The van der Waals surface area contributed by atoms with Crippen LogP contribution >= 0.6 is 0 Å². The molecule has 0 fully saturated rings. The molecule has 0 aliphatic rings. The number of ether oxygens (including phenoxy) is 1. The highest BCUT2D eigenvalue weighted by Gasteiger charge is 2.07. The lowest BCUT2D eigenvalue weighted by atomic mass is 10.1. The lowest BCUT2D eigenvalue weighted by Gasteiger charge is -2.05. The monoisotopic (exact) mass is 285 g/mol. The van der Waals surface area contributed by atoms with E-state index in [-0.39, 0.29) is 31.3 Å². The lowest BCUT2D eigenvalue weighted by molar-refractivity contribution is -0.143. The Morgan fingerprint density at radius 1 is 1.20 bits per heavy atom. The highest BCUT2D eigenvalue weighted by atomic mass is 19.2. The van der Waals surface area contributed by atoms with Crippen molar-refractivity contribution in [3.63, 3.8) is 0 Å². The van der Waals surface area contributed by atoms with Crippen LogP contribution in [0, 0.1) is 11.6 Å². The molecule has 1 N–H and O–H groups in total. The van der Waals surface area contributed by atoms with E-state index in [2.05, 4.69) is 5.32 Å². The van der Waals surface area contributed by atoms with Gasteiger partial charge in [-0.05, 0) is 31.0 Å². The summed E-state index contributed by atoms with van der Waals surface area (Å²) in [6.45, 7) is 2.22. The maximum Gasteiger partial charge on any atom is 0.307 e. The third-order valence-corrected chi connectivity index (χ3v) is 2.58. The number of aryl methyl sites for hydroxylation is 1. The molecule has 0 bridgehead atoms. The molecular formula is C14H17F2NO3. The average molecular weight is 285 g/mol. The van der Waals surface area contributed by atoms with Crippen LogP contribution in [0.15, 0.2) is 18.2 Å². The first kappa shape index (κ1) is 16.1. The minimum Gasteiger partial charge on any atom is -0.466 e. The third-order valence-electron chi connectivity index (χ3n) is 2.58. The number of hydrogen-bond acceptors (Lipinski definition) is 3. The SMILES string of the molecule is CCOC(=O)CCNC(=O)CCc1ccc(F)c(F)c1. The van der Waals surface area contributed by atoms with Crippen molar-refractivity contribution in [3.05, 3.63) is 35.4 Å². The molecule has 1 amide bonds. The molecule has 0 heterocycles. The number of esters is 1. The average Bonchev–Trinajstić information content (AvgIpc) is 2.40. The Kier molecular flexibility index (Phi) is 6.63. The number of amides is 1. The number of carbonyl (C=O) groups is 2. The quantitative estimate of drug-likeness (QED) is 0.779. The van der Waals surface area contributed by atoms with Crippen LogP contribution in [0.1, 0.15) is 25.3 Å². The number of nitrogens with one attached hydrogen (secondary N) is 1. The van der Waals surface area contributed by atoms with Crippen LogP contribution < -0.4 is 5.32 Å². The highest BCUT2D eigenvalue weighted by molar-refractivity contribution is 5.77. The van der Waals surface area contributed by atoms with Crippen molar-refractivity contribution >= 4 is 11.9 Å². The van der Waals surface area contributed by atoms with E-state index < -0.39 is 11.6 Å². The summed E-state index contributed by atoms with van der Waals surface area (Å²) in [5.74, 6) is -2.45. The topological polar surface area (TPSA) is 55.4 Å². The molecule has 0 atom stereocenters. The Bertz CT molecular complexity index is 477. The maximum atomic E-state index is 12.9.